The minimum Gasteiger partial charge on any atom is -0.456 e. The fourth-order valence-corrected chi connectivity index (χ4v) is 2.62. The van der Waals surface area contributed by atoms with Crippen molar-refractivity contribution >= 4 is 22.3 Å². The van der Waals surface area contributed by atoms with Gasteiger partial charge in [0, 0.05) is 44.1 Å². The van der Waals surface area contributed by atoms with Gasteiger partial charge in [0.05, 0.1) is 5.39 Å². The Morgan fingerprint density at radius 2 is 1.82 bits per heavy atom. The summed E-state index contributed by atoms with van der Waals surface area (Å²) in [4.78, 5) is 14.5. The molecular weight excluding hydrogens is 276 g/mol. The molecule has 1 aromatic heterocycles. The number of nitrogens with one attached hydrogen (secondary N) is 1. The molecule has 3 rings (SSSR count). The molecule has 1 N–H and O–H groups in total. The summed E-state index contributed by atoms with van der Waals surface area (Å²) in [6.45, 7) is 0. The summed E-state index contributed by atoms with van der Waals surface area (Å²) in [7, 11) is 5.73. The lowest BCUT2D eigenvalue weighted by molar-refractivity contribution is 0.619. The van der Waals surface area contributed by atoms with Crippen molar-refractivity contribution in [2.75, 3.05) is 31.4 Å². The second-order valence-corrected chi connectivity index (χ2v) is 5.32. The highest BCUT2D eigenvalue weighted by molar-refractivity contribution is 5.91. The normalized spacial score (nSPS) is 10.7. The summed E-state index contributed by atoms with van der Waals surface area (Å²) in [6.07, 6.45) is 0. The predicted octanol–water partition coefficient (Wildman–Crippen LogP) is 3.57. The Hall–Kier alpha value is -2.75. The van der Waals surface area contributed by atoms with Gasteiger partial charge in [-0.15, -0.1) is 0 Å². The number of anilines is 2. The highest BCUT2D eigenvalue weighted by atomic mass is 16.3. The Morgan fingerprint density at radius 3 is 2.55 bits per heavy atom. The molecule has 0 aliphatic heterocycles. The second-order valence-electron chi connectivity index (χ2n) is 5.32. The fourth-order valence-electron chi connectivity index (χ4n) is 2.62. The fraction of sp³-hybridized carbons (Fsp3) is 0.167. The zero-order chi connectivity index (χ0) is 15.7. The SMILES string of the molecule is CNc1cccc2oc(-c3ccccc3N(C)C)cc(=O)c12. The van der Waals surface area contributed by atoms with Crippen LogP contribution in [0.25, 0.3) is 22.3 Å². The van der Waals surface area contributed by atoms with E-state index in [1.165, 1.54) is 0 Å². The standard InChI is InChI=1S/C18H18N2O2/c1-19-13-8-6-10-16-18(13)15(21)11-17(22-16)12-7-4-5-9-14(12)20(2)3/h4-11,19H,1-3H3. The van der Waals surface area contributed by atoms with Crippen LogP contribution in [0.1, 0.15) is 0 Å². The van der Waals surface area contributed by atoms with Crippen molar-refractivity contribution in [3.8, 4) is 11.3 Å². The maximum Gasteiger partial charge on any atom is 0.195 e. The second kappa shape index (κ2) is 5.56. The van der Waals surface area contributed by atoms with Gasteiger partial charge < -0.3 is 14.6 Å². The maximum atomic E-state index is 12.5. The van der Waals surface area contributed by atoms with Gasteiger partial charge >= 0.3 is 0 Å². The molecule has 1 heterocycles. The van der Waals surface area contributed by atoms with Gasteiger partial charge in [0.25, 0.3) is 0 Å². The van der Waals surface area contributed by atoms with Crippen molar-refractivity contribution in [1.29, 1.82) is 0 Å². The lowest BCUT2D eigenvalue weighted by atomic mass is 10.1. The highest BCUT2D eigenvalue weighted by Gasteiger charge is 2.13. The van der Waals surface area contributed by atoms with Gasteiger partial charge in [-0.1, -0.05) is 18.2 Å². The summed E-state index contributed by atoms with van der Waals surface area (Å²) in [5.74, 6) is 0.579. The molecule has 0 saturated carbocycles. The van der Waals surface area contributed by atoms with Crippen LogP contribution in [-0.4, -0.2) is 21.1 Å². The first-order valence-electron chi connectivity index (χ1n) is 7.13. The van der Waals surface area contributed by atoms with E-state index >= 15 is 0 Å². The van der Waals surface area contributed by atoms with Crippen molar-refractivity contribution in [1.82, 2.24) is 0 Å². The van der Waals surface area contributed by atoms with Gasteiger partial charge in [0.2, 0.25) is 0 Å². The van der Waals surface area contributed by atoms with E-state index in [1.54, 1.807) is 13.1 Å². The van der Waals surface area contributed by atoms with Gasteiger partial charge in [0.1, 0.15) is 11.3 Å². The maximum absolute atomic E-state index is 12.5. The third-order valence-electron chi connectivity index (χ3n) is 3.68. The summed E-state index contributed by atoms with van der Waals surface area (Å²) in [5.41, 5.74) is 3.23. The van der Waals surface area contributed by atoms with E-state index in [-0.39, 0.29) is 5.43 Å². The molecule has 0 aliphatic carbocycles. The van der Waals surface area contributed by atoms with Crippen LogP contribution in [0.15, 0.2) is 57.7 Å². The van der Waals surface area contributed by atoms with Crippen LogP contribution in [0.4, 0.5) is 11.4 Å². The van der Waals surface area contributed by atoms with Crippen molar-refractivity contribution in [3.05, 3.63) is 58.8 Å². The Morgan fingerprint density at radius 1 is 1.05 bits per heavy atom. The van der Waals surface area contributed by atoms with E-state index in [1.807, 2.05) is 61.5 Å². The monoisotopic (exact) mass is 294 g/mol. The number of nitrogens with zero attached hydrogens (tertiary/aromatic N) is 1. The highest BCUT2D eigenvalue weighted by Crippen LogP contribution is 2.31. The number of hydrogen-bond acceptors (Lipinski definition) is 4. The Kier molecular flexibility index (Phi) is 3.59. The third kappa shape index (κ3) is 2.33. The lowest BCUT2D eigenvalue weighted by Crippen LogP contribution is -2.10. The van der Waals surface area contributed by atoms with Crippen molar-refractivity contribution in [3.63, 3.8) is 0 Å². The van der Waals surface area contributed by atoms with E-state index in [2.05, 4.69) is 5.32 Å². The summed E-state index contributed by atoms with van der Waals surface area (Å²) >= 11 is 0. The third-order valence-corrected chi connectivity index (χ3v) is 3.68. The number of rotatable bonds is 3. The van der Waals surface area contributed by atoms with Crippen LogP contribution in [0, 0.1) is 0 Å². The van der Waals surface area contributed by atoms with Crippen molar-refractivity contribution in [2.24, 2.45) is 0 Å². The average molecular weight is 294 g/mol. The first-order valence-corrected chi connectivity index (χ1v) is 7.13. The molecule has 0 bridgehead atoms. The van der Waals surface area contributed by atoms with Gasteiger partial charge in [-0.05, 0) is 24.3 Å². The first-order chi connectivity index (χ1) is 10.6. The van der Waals surface area contributed by atoms with Crippen LogP contribution in [0.3, 0.4) is 0 Å². The molecule has 4 nitrogen and oxygen atoms in total. The molecule has 22 heavy (non-hydrogen) atoms. The molecule has 0 aliphatic rings. The molecule has 0 amide bonds. The molecule has 0 fully saturated rings. The van der Waals surface area contributed by atoms with Gasteiger partial charge in [-0.2, -0.15) is 0 Å². The zero-order valence-electron chi connectivity index (χ0n) is 12.9. The van der Waals surface area contributed by atoms with Gasteiger partial charge in [0.15, 0.2) is 5.43 Å². The lowest BCUT2D eigenvalue weighted by Gasteiger charge is -2.17. The summed E-state index contributed by atoms with van der Waals surface area (Å²) < 4.78 is 6.00. The van der Waals surface area contributed by atoms with Crippen molar-refractivity contribution < 1.29 is 4.42 Å². The average Bonchev–Trinajstić information content (AvgIpc) is 2.54. The number of para-hydroxylation sites is 1. The Bertz CT molecular complexity index is 882. The minimum atomic E-state index is -0.0465. The Labute approximate surface area is 129 Å². The molecule has 0 radical (unpaired) electrons. The molecular formula is C18H18N2O2. The zero-order valence-corrected chi connectivity index (χ0v) is 12.9. The molecule has 0 spiro atoms. The topological polar surface area (TPSA) is 45.5 Å². The Balaban J connectivity index is 2.29. The van der Waals surface area contributed by atoms with Crippen molar-refractivity contribution in [2.45, 2.75) is 0 Å². The first kappa shape index (κ1) is 14.2. The van der Waals surface area contributed by atoms with Crippen LogP contribution in [0.5, 0.6) is 0 Å². The van der Waals surface area contributed by atoms with Gasteiger partial charge in [-0.3, -0.25) is 4.79 Å². The van der Waals surface area contributed by atoms with E-state index in [4.69, 9.17) is 4.42 Å². The number of fused-ring (bicyclic) bond motifs is 1. The molecule has 2 aromatic carbocycles. The molecule has 0 atom stereocenters. The van der Waals surface area contributed by atoms with Gasteiger partial charge in [-0.25, -0.2) is 0 Å². The molecule has 0 unspecified atom stereocenters. The molecule has 112 valence electrons. The smallest absolute Gasteiger partial charge is 0.195 e. The summed E-state index contributed by atoms with van der Waals surface area (Å²) in [5, 5.41) is 3.61. The molecule has 4 heteroatoms. The molecule has 3 aromatic rings. The van der Waals surface area contributed by atoms with Crippen LogP contribution >= 0.6 is 0 Å². The summed E-state index contributed by atoms with van der Waals surface area (Å²) in [6, 6.07) is 15.0. The van der Waals surface area contributed by atoms with E-state index in [0.717, 1.165) is 16.9 Å². The predicted molar refractivity (Wildman–Crippen MR) is 91.8 cm³/mol. The van der Waals surface area contributed by atoms with Crippen LogP contribution < -0.4 is 15.6 Å². The number of benzene rings is 2. The van der Waals surface area contributed by atoms with E-state index in [9.17, 15) is 4.79 Å². The van der Waals surface area contributed by atoms with E-state index in [0.29, 0.717) is 16.7 Å². The van der Waals surface area contributed by atoms with E-state index < -0.39 is 0 Å². The largest absolute Gasteiger partial charge is 0.456 e. The number of hydrogen-bond donors (Lipinski definition) is 1. The quantitative estimate of drug-likeness (QED) is 0.802. The van der Waals surface area contributed by atoms with Crippen LogP contribution in [0.2, 0.25) is 0 Å². The minimum absolute atomic E-state index is 0.0465. The molecule has 0 saturated heterocycles. The van der Waals surface area contributed by atoms with Crippen LogP contribution in [-0.2, 0) is 0 Å².